The summed E-state index contributed by atoms with van der Waals surface area (Å²) in [5, 5.41) is -0.480. The van der Waals surface area contributed by atoms with Crippen LogP contribution in [-0.2, 0) is 14.6 Å². The van der Waals surface area contributed by atoms with Crippen LogP contribution in [0.15, 0.2) is 29.2 Å². The van der Waals surface area contributed by atoms with Crippen molar-refractivity contribution in [3.8, 4) is 5.75 Å². The van der Waals surface area contributed by atoms with Gasteiger partial charge in [-0.1, -0.05) is 12.8 Å². The van der Waals surface area contributed by atoms with Crippen LogP contribution in [0.3, 0.4) is 0 Å². The molecule has 0 aromatic heterocycles. The lowest BCUT2D eigenvalue weighted by molar-refractivity contribution is -0.138. The Labute approximate surface area is 131 Å². The molecule has 1 aliphatic heterocycles. The quantitative estimate of drug-likeness (QED) is 0.848. The second-order valence-electron chi connectivity index (χ2n) is 6.07. The van der Waals surface area contributed by atoms with Crippen molar-refractivity contribution >= 4 is 15.7 Å². The lowest BCUT2D eigenvalue weighted by atomic mass is 10.0. The number of hydrogen-bond acceptors (Lipinski definition) is 4. The van der Waals surface area contributed by atoms with Crippen molar-refractivity contribution in [3.05, 3.63) is 24.3 Å². The van der Waals surface area contributed by atoms with Gasteiger partial charge in [0.05, 0.1) is 12.0 Å². The average Bonchev–Trinajstić information content (AvgIpc) is 2.99. The molecule has 0 unspecified atom stereocenters. The van der Waals surface area contributed by atoms with E-state index in [4.69, 9.17) is 4.74 Å². The van der Waals surface area contributed by atoms with Crippen molar-refractivity contribution in [2.45, 2.75) is 35.8 Å². The molecule has 1 aromatic rings. The molecule has 2 aliphatic rings. The molecule has 1 saturated carbocycles. The second kappa shape index (κ2) is 5.91. The third kappa shape index (κ3) is 2.72. The van der Waals surface area contributed by atoms with Gasteiger partial charge in [-0.2, -0.15) is 0 Å². The molecule has 1 aliphatic carbocycles. The zero-order valence-electron chi connectivity index (χ0n) is 12.7. The third-order valence-corrected chi connectivity index (χ3v) is 6.80. The fourth-order valence-corrected chi connectivity index (χ4v) is 4.86. The molecule has 1 saturated heterocycles. The van der Waals surface area contributed by atoms with E-state index in [1.807, 2.05) is 0 Å². The molecular formula is C16H21NO4S. The SMILES string of the molecule is COc1ccc(S(=O)(=O)C2CN(C(=O)C3CCCC3)C2)cc1. The first-order chi connectivity index (χ1) is 10.5. The maximum Gasteiger partial charge on any atom is 0.225 e. The highest BCUT2D eigenvalue weighted by Crippen LogP contribution is 2.31. The summed E-state index contributed by atoms with van der Waals surface area (Å²) in [5.74, 6) is 0.883. The monoisotopic (exact) mass is 323 g/mol. The Bertz CT molecular complexity index is 641. The van der Waals surface area contributed by atoms with Crippen LogP contribution in [0.5, 0.6) is 5.75 Å². The van der Waals surface area contributed by atoms with E-state index in [0.717, 1.165) is 25.7 Å². The van der Waals surface area contributed by atoms with E-state index in [0.29, 0.717) is 23.7 Å². The Kier molecular flexibility index (Phi) is 4.12. The summed E-state index contributed by atoms with van der Waals surface area (Å²) in [6, 6.07) is 6.42. The predicted molar refractivity (Wildman–Crippen MR) is 82.5 cm³/mol. The molecular weight excluding hydrogens is 302 g/mol. The molecule has 1 aromatic carbocycles. The topological polar surface area (TPSA) is 63.7 Å². The van der Waals surface area contributed by atoms with Crippen LogP contribution in [0.1, 0.15) is 25.7 Å². The number of ether oxygens (including phenoxy) is 1. The Morgan fingerprint density at radius 1 is 1.14 bits per heavy atom. The molecule has 3 rings (SSSR count). The van der Waals surface area contributed by atoms with Gasteiger partial charge in [-0.05, 0) is 37.1 Å². The van der Waals surface area contributed by atoms with E-state index in [1.165, 1.54) is 0 Å². The highest BCUT2D eigenvalue weighted by Gasteiger charge is 2.42. The summed E-state index contributed by atoms with van der Waals surface area (Å²) >= 11 is 0. The van der Waals surface area contributed by atoms with Gasteiger partial charge < -0.3 is 9.64 Å². The van der Waals surface area contributed by atoms with Crippen LogP contribution in [0.25, 0.3) is 0 Å². The molecule has 0 atom stereocenters. The summed E-state index contributed by atoms with van der Waals surface area (Å²) in [4.78, 5) is 14.2. The summed E-state index contributed by atoms with van der Waals surface area (Å²) < 4.78 is 30.1. The molecule has 1 amide bonds. The van der Waals surface area contributed by atoms with Crippen molar-refractivity contribution in [2.75, 3.05) is 20.2 Å². The van der Waals surface area contributed by atoms with Crippen molar-refractivity contribution in [2.24, 2.45) is 5.92 Å². The Balaban J connectivity index is 1.64. The van der Waals surface area contributed by atoms with Gasteiger partial charge in [-0.15, -0.1) is 0 Å². The van der Waals surface area contributed by atoms with Crippen LogP contribution in [0.2, 0.25) is 0 Å². The molecule has 0 bridgehead atoms. The Hall–Kier alpha value is -1.56. The second-order valence-corrected chi connectivity index (χ2v) is 8.30. The number of likely N-dealkylation sites (tertiary alicyclic amines) is 1. The van der Waals surface area contributed by atoms with Crippen LogP contribution >= 0.6 is 0 Å². The number of carbonyl (C=O) groups excluding carboxylic acids is 1. The maximum atomic E-state index is 12.5. The van der Waals surface area contributed by atoms with Gasteiger partial charge in [-0.3, -0.25) is 4.79 Å². The van der Waals surface area contributed by atoms with Crippen LogP contribution < -0.4 is 4.74 Å². The van der Waals surface area contributed by atoms with Crippen molar-refractivity contribution in [1.82, 2.24) is 4.90 Å². The van der Waals surface area contributed by atoms with Gasteiger partial charge in [0.15, 0.2) is 9.84 Å². The normalized spacial score (nSPS) is 20.0. The molecule has 120 valence electrons. The molecule has 0 spiro atoms. The van der Waals surface area contributed by atoms with E-state index in [9.17, 15) is 13.2 Å². The molecule has 5 nitrogen and oxygen atoms in total. The zero-order chi connectivity index (χ0) is 15.7. The van der Waals surface area contributed by atoms with Gasteiger partial charge in [0.25, 0.3) is 0 Å². The van der Waals surface area contributed by atoms with Gasteiger partial charge >= 0.3 is 0 Å². The van der Waals surface area contributed by atoms with E-state index in [1.54, 1.807) is 36.3 Å². The molecule has 2 fully saturated rings. The first-order valence-electron chi connectivity index (χ1n) is 7.69. The average molecular weight is 323 g/mol. The first-order valence-corrected chi connectivity index (χ1v) is 9.24. The minimum atomic E-state index is -3.37. The molecule has 0 radical (unpaired) electrons. The lowest BCUT2D eigenvalue weighted by Crippen LogP contribution is -2.58. The molecule has 6 heteroatoms. The molecule has 1 heterocycles. The van der Waals surface area contributed by atoms with Gasteiger partial charge in [0.1, 0.15) is 11.0 Å². The van der Waals surface area contributed by atoms with Crippen LogP contribution in [0, 0.1) is 5.92 Å². The van der Waals surface area contributed by atoms with Gasteiger partial charge in [0, 0.05) is 19.0 Å². The smallest absolute Gasteiger partial charge is 0.225 e. The number of benzene rings is 1. The summed E-state index contributed by atoms with van der Waals surface area (Å²) in [6.07, 6.45) is 4.12. The number of carbonyl (C=O) groups is 1. The highest BCUT2D eigenvalue weighted by atomic mass is 32.2. The van der Waals surface area contributed by atoms with Crippen molar-refractivity contribution in [3.63, 3.8) is 0 Å². The van der Waals surface area contributed by atoms with Crippen molar-refractivity contribution in [1.29, 1.82) is 0 Å². The Morgan fingerprint density at radius 2 is 1.73 bits per heavy atom. The lowest BCUT2D eigenvalue weighted by Gasteiger charge is -2.40. The summed E-state index contributed by atoms with van der Waals surface area (Å²) in [5.41, 5.74) is 0. The van der Waals surface area contributed by atoms with E-state index in [2.05, 4.69) is 0 Å². The summed E-state index contributed by atoms with van der Waals surface area (Å²) in [6.45, 7) is 0.646. The minimum Gasteiger partial charge on any atom is -0.497 e. The number of hydrogen-bond donors (Lipinski definition) is 0. The predicted octanol–water partition coefficient (Wildman–Crippen LogP) is 1.87. The Morgan fingerprint density at radius 3 is 2.27 bits per heavy atom. The van der Waals surface area contributed by atoms with Gasteiger partial charge in [0.2, 0.25) is 5.91 Å². The fraction of sp³-hybridized carbons (Fsp3) is 0.562. The summed E-state index contributed by atoms with van der Waals surface area (Å²) in [7, 11) is -1.82. The highest BCUT2D eigenvalue weighted by molar-refractivity contribution is 7.92. The van der Waals surface area contributed by atoms with Crippen LogP contribution in [0.4, 0.5) is 0 Å². The zero-order valence-corrected chi connectivity index (χ0v) is 13.5. The third-order valence-electron chi connectivity index (χ3n) is 4.69. The van der Waals surface area contributed by atoms with E-state index >= 15 is 0 Å². The van der Waals surface area contributed by atoms with E-state index < -0.39 is 15.1 Å². The fourth-order valence-electron chi connectivity index (χ4n) is 3.20. The maximum absolute atomic E-state index is 12.5. The van der Waals surface area contributed by atoms with Gasteiger partial charge in [-0.25, -0.2) is 8.42 Å². The number of rotatable bonds is 4. The van der Waals surface area contributed by atoms with Crippen molar-refractivity contribution < 1.29 is 17.9 Å². The standard InChI is InChI=1S/C16H21NO4S/c1-21-13-6-8-14(9-7-13)22(19,20)15-10-17(11-15)16(18)12-4-2-3-5-12/h6-9,12,15H,2-5,10-11H2,1H3. The number of amides is 1. The molecule has 22 heavy (non-hydrogen) atoms. The number of methoxy groups -OCH3 is 1. The molecule has 0 N–H and O–H groups in total. The largest absolute Gasteiger partial charge is 0.497 e. The van der Waals surface area contributed by atoms with E-state index in [-0.39, 0.29) is 11.8 Å². The minimum absolute atomic E-state index is 0.115. The van der Waals surface area contributed by atoms with Crippen LogP contribution in [-0.4, -0.2) is 44.7 Å². The number of nitrogens with zero attached hydrogens (tertiary/aromatic N) is 1. The number of sulfone groups is 1. The first kappa shape index (κ1) is 15.3.